The van der Waals surface area contributed by atoms with Crippen molar-refractivity contribution in [2.75, 3.05) is 0 Å². The first-order chi connectivity index (χ1) is 6.23. The number of aromatic nitrogens is 3. The number of aromatic amines is 1. The van der Waals surface area contributed by atoms with E-state index in [-0.39, 0.29) is 0 Å². The molecule has 1 atom stereocenters. The largest absolute Gasteiger partial charge is 0.377 e. The molecule has 1 aromatic rings. The summed E-state index contributed by atoms with van der Waals surface area (Å²) in [5, 5.41) is 20.3. The molecule has 1 aliphatic carbocycles. The quantitative estimate of drug-likeness (QED) is 0.708. The van der Waals surface area contributed by atoms with Crippen LogP contribution in [-0.2, 0) is 5.60 Å². The summed E-state index contributed by atoms with van der Waals surface area (Å²) in [4.78, 5) is 0. The molecule has 2 N–H and O–H groups in total. The number of hydrogen-bond acceptors (Lipinski definition) is 3. The number of hydrogen-bond donors (Lipinski definition) is 2. The van der Waals surface area contributed by atoms with Crippen LogP contribution in [0.5, 0.6) is 0 Å². The minimum Gasteiger partial charge on any atom is -0.377 e. The summed E-state index contributed by atoms with van der Waals surface area (Å²) < 4.78 is 0. The molecule has 5 heteroatoms. The first-order valence-electron chi connectivity index (χ1n) is 3.85. The number of rotatable bonds is 1. The number of allylic oxidation sites excluding steroid dienone is 2. The normalized spacial score (nSPS) is 27.4. The molecule has 0 radical (unpaired) electrons. The fourth-order valence-corrected chi connectivity index (χ4v) is 1.50. The molecular weight excluding hydrogens is 190 g/mol. The van der Waals surface area contributed by atoms with Crippen LogP contribution in [0, 0.1) is 0 Å². The molecule has 68 valence electrons. The lowest BCUT2D eigenvalue weighted by Crippen LogP contribution is -2.27. The zero-order valence-corrected chi connectivity index (χ0v) is 7.49. The van der Waals surface area contributed by atoms with Gasteiger partial charge in [-0.3, -0.25) is 5.10 Å². The van der Waals surface area contributed by atoms with Gasteiger partial charge in [0.1, 0.15) is 11.3 Å². The van der Waals surface area contributed by atoms with E-state index in [1.807, 2.05) is 6.08 Å². The molecule has 2 rings (SSSR count). The predicted octanol–water partition coefficient (Wildman–Crippen LogP) is 1.07. The smallest absolute Gasteiger partial charge is 0.149 e. The van der Waals surface area contributed by atoms with E-state index in [0.29, 0.717) is 17.1 Å². The zero-order valence-electron chi connectivity index (χ0n) is 6.74. The van der Waals surface area contributed by atoms with Crippen molar-refractivity contribution in [2.24, 2.45) is 0 Å². The van der Waals surface area contributed by atoms with Crippen LogP contribution in [-0.4, -0.2) is 20.5 Å². The van der Waals surface area contributed by atoms with E-state index in [1.54, 1.807) is 12.2 Å². The Morgan fingerprint density at radius 1 is 1.62 bits per heavy atom. The molecule has 1 heterocycles. The Morgan fingerprint density at radius 2 is 2.46 bits per heavy atom. The lowest BCUT2D eigenvalue weighted by Gasteiger charge is -2.25. The molecule has 1 aromatic heterocycles. The molecule has 1 aliphatic rings. The average molecular weight is 198 g/mol. The van der Waals surface area contributed by atoms with Crippen LogP contribution >= 0.6 is 11.6 Å². The maximum Gasteiger partial charge on any atom is 0.149 e. The number of nitrogens with zero attached hydrogens (tertiary/aromatic N) is 2. The maximum absolute atomic E-state index is 10.1. The Balaban J connectivity index is 2.42. The highest BCUT2D eigenvalue weighted by molar-refractivity contribution is 6.30. The van der Waals surface area contributed by atoms with Gasteiger partial charge in [0, 0.05) is 12.6 Å². The Bertz CT molecular complexity index is 357. The Hall–Kier alpha value is -1.13. The van der Waals surface area contributed by atoms with Gasteiger partial charge in [-0.15, -0.1) is 5.10 Å². The van der Waals surface area contributed by atoms with Crippen LogP contribution in [0.3, 0.4) is 0 Å². The molecule has 0 fully saturated rings. The van der Waals surface area contributed by atoms with E-state index >= 15 is 0 Å². The van der Waals surface area contributed by atoms with Crippen LogP contribution in [0.4, 0.5) is 0 Å². The molecule has 0 saturated heterocycles. The van der Waals surface area contributed by atoms with Gasteiger partial charge in [0.25, 0.3) is 0 Å². The van der Waals surface area contributed by atoms with Crippen LogP contribution in [0.25, 0.3) is 0 Å². The zero-order chi connectivity index (χ0) is 9.31. The third kappa shape index (κ3) is 1.28. The van der Waals surface area contributed by atoms with Crippen LogP contribution in [0.1, 0.15) is 12.1 Å². The summed E-state index contributed by atoms with van der Waals surface area (Å²) in [5.74, 6) is 0. The van der Waals surface area contributed by atoms with Gasteiger partial charge in [0.05, 0.1) is 5.03 Å². The van der Waals surface area contributed by atoms with Crippen LogP contribution in [0.15, 0.2) is 29.5 Å². The van der Waals surface area contributed by atoms with Crippen molar-refractivity contribution >= 4 is 11.6 Å². The second kappa shape index (κ2) is 2.97. The fraction of sp³-hybridized carbons (Fsp3) is 0.250. The Kier molecular flexibility index (Phi) is 1.94. The monoisotopic (exact) mass is 197 g/mol. The number of halogens is 1. The van der Waals surface area contributed by atoms with Gasteiger partial charge in [-0.2, -0.15) is 0 Å². The third-order valence-electron chi connectivity index (χ3n) is 2.03. The summed E-state index contributed by atoms with van der Waals surface area (Å²) in [7, 11) is 0. The fourth-order valence-electron chi connectivity index (χ4n) is 1.26. The molecule has 0 amide bonds. The summed E-state index contributed by atoms with van der Waals surface area (Å²) in [6, 6.07) is 0. The van der Waals surface area contributed by atoms with Crippen molar-refractivity contribution in [1.82, 2.24) is 15.4 Å². The van der Waals surface area contributed by atoms with Gasteiger partial charge < -0.3 is 5.11 Å². The van der Waals surface area contributed by atoms with Crippen molar-refractivity contribution in [3.8, 4) is 0 Å². The molecule has 0 bridgehead atoms. The van der Waals surface area contributed by atoms with Gasteiger partial charge >= 0.3 is 0 Å². The lowest BCUT2D eigenvalue weighted by atomic mass is 9.92. The van der Waals surface area contributed by atoms with Crippen molar-refractivity contribution < 1.29 is 5.11 Å². The molecule has 13 heavy (non-hydrogen) atoms. The average Bonchev–Trinajstić information content (AvgIpc) is 2.63. The van der Waals surface area contributed by atoms with E-state index in [1.165, 1.54) is 6.20 Å². The molecule has 0 saturated carbocycles. The third-order valence-corrected chi connectivity index (χ3v) is 2.47. The van der Waals surface area contributed by atoms with Crippen LogP contribution in [0.2, 0.25) is 0 Å². The second-order valence-electron chi connectivity index (χ2n) is 2.87. The summed E-state index contributed by atoms with van der Waals surface area (Å²) in [5.41, 5.74) is -0.762. The van der Waals surface area contributed by atoms with E-state index < -0.39 is 5.60 Å². The van der Waals surface area contributed by atoms with Crippen molar-refractivity contribution in [2.45, 2.75) is 12.0 Å². The SMILES string of the molecule is OC1(c2c[nH]nn2)CC=CC=C1Cl. The Morgan fingerprint density at radius 3 is 3.08 bits per heavy atom. The van der Waals surface area contributed by atoms with E-state index in [0.717, 1.165) is 0 Å². The molecule has 4 nitrogen and oxygen atoms in total. The van der Waals surface area contributed by atoms with Gasteiger partial charge in [0.15, 0.2) is 0 Å². The van der Waals surface area contributed by atoms with Gasteiger partial charge in [-0.25, -0.2) is 0 Å². The van der Waals surface area contributed by atoms with Crippen molar-refractivity contribution in [3.05, 3.63) is 35.2 Å². The Labute approximate surface area is 79.9 Å². The topological polar surface area (TPSA) is 61.8 Å². The highest BCUT2D eigenvalue weighted by Gasteiger charge is 2.35. The minimum atomic E-state index is -1.21. The van der Waals surface area contributed by atoms with Crippen molar-refractivity contribution in [1.29, 1.82) is 0 Å². The molecule has 1 unspecified atom stereocenters. The first kappa shape index (κ1) is 8.47. The van der Waals surface area contributed by atoms with Crippen molar-refractivity contribution in [3.63, 3.8) is 0 Å². The van der Waals surface area contributed by atoms with E-state index in [2.05, 4.69) is 15.4 Å². The van der Waals surface area contributed by atoms with Gasteiger partial charge in [-0.1, -0.05) is 29.0 Å². The summed E-state index contributed by atoms with van der Waals surface area (Å²) in [6.07, 6.45) is 7.25. The highest BCUT2D eigenvalue weighted by atomic mass is 35.5. The highest BCUT2D eigenvalue weighted by Crippen LogP contribution is 2.36. The van der Waals surface area contributed by atoms with Crippen LogP contribution < -0.4 is 0 Å². The number of nitrogens with one attached hydrogen (secondary N) is 1. The van der Waals surface area contributed by atoms with Gasteiger partial charge in [0.2, 0.25) is 0 Å². The molecule has 0 aromatic carbocycles. The summed E-state index contributed by atoms with van der Waals surface area (Å²) >= 11 is 5.89. The predicted molar refractivity (Wildman–Crippen MR) is 48.0 cm³/mol. The number of aliphatic hydroxyl groups is 1. The molecular formula is C8H8ClN3O. The van der Waals surface area contributed by atoms with Gasteiger partial charge in [-0.05, 0) is 6.08 Å². The minimum absolute atomic E-state index is 0.365. The van der Waals surface area contributed by atoms with E-state index in [4.69, 9.17) is 11.6 Å². The first-order valence-corrected chi connectivity index (χ1v) is 4.23. The molecule has 0 spiro atoms. The lowest BCUT2D eigenvalue weighted by molar-refractivity contribution is 0.0816. The number of H-pyrrole nitrogens is 1. The maximum atomic E-state index is 10.1. The van der Waals surface area contributed by atoms with E-state index in [9.17, 15) is 5.11 Å². The summed E-state index contributed by atoms with van der Waals surface area (Å²) in [6.45, 7) is 0. The standard InChI is InChI=1S/C8H8ClN3O/c9-6-3-1-2-4-8(6,13)7-5-10-12-11-7/h1-3,5,13H,4H2,(H,10,11,12). The second-order valence-corrected chi connectivity index (χ2v) is 3.27. The molecule has 0 aliphatic heterocycles.